The minimum Gasteiger partial charge on any atom is -0.374 e. The van der Waals surface area contributed by atoms with E-state index in [0.29, 0.717) is 13.0 Å². The minimum atomic E-state index is 0.0620. The van der Waals surface area contributed by atoms with Crippen LogP contribution in [0.3, 0.4) is 0 Å². The summed E-state index contributed by atoms with van der Waals surface area (Å²) < 4.78 is 1.05. The highest BCUT2D eigenvalue weighted by Crippen LogP contribution is 2.24. The number of carbonyl (C=O) groups is 1. The van der Waals surface area contributed by atoms with Crippen LogP contribution in [0.1, 0.15) is 12.0 Å². The van der Waals surface area contributed by atoms with Gasteiger partial charge in [0.1, 0.15) is 0 Å². The van der Waals surface area contributed by atoms with Crippen LogP contribution in [-0.2, 0) is 11.3 Å². The average Bonchev–Trinajstić information content (AvgIpc) is 2.37. The lowest BCUT2D eigenvalue weighted by atomic mass is 10.1. The van der Waals surface area contributed by atoms with Crippen LogP contribution < -0.4 is 15.5 Å². The van der Waals surface area contributed by atoms with E-state index in [2.05, 4.69) is 43.6 Å². The summed E-state index contributed by atoms with van der Waals surface area (Å²) in [6.07, 6.45) is 0.499. The second-order valence-electron chi connectivity index (χ2n) is 4.15. The van der Waals surface area contributed by atoms with E-state index in [9.17, 15) is 4.79 Å². The Morgan fingerprint density at radius 1 is 1.39 bits per heavy atom. The third-order valence-electron chi connectivity index (χ3n) is 2.78. The lowest BCUT2D eigenvalue weighted by molar-refractivity contribution is -0.120. The number of carbonyl (C=O) groups excluding carboxylic acids is 1. The van der Waals surface area contributed by atoms with E-state index in [1.54, 1.807) is 7.05 Å². The van der Waals surface area contributed by atoms with Gasteiger partial charge in [-0.25, -0.2) is 0 Å². The van der Waals surface area contributed by atoms with Crippen LogP contribution >= 0.6 is 15.9 Å². The highest BCUT2D eigenvalue weighted by atomic mass is 79.9. The molecule has 0 atom stereocenters. The Balaban J connectivity index is 2.79. The van der Waals surface area contributed by atoms with Crippen LogP contribution in [0.15, 0.2) is 22.7 Å². The SMILES string of the molecule is CNCc1ccc(Br)cc1N(C)CCC(=O)NC. The highest BCUT2D eigenvalue weighted by Gasteiger charge is 2.09. The van der Waals surface area contributed by atoms with Crippen LogP contribution in [0.2, 0.25) is 0 Å². The molecule has 2 N–H and O–H groups in total. The number of hydrogen-bond acceptors (Lipinski definition) is 3. The van der Waals surface area contributed by atoms with Gasteiger partial charge < -0.3 is 15.5 Å². The standard InChI is InChI=1S/C13H20BrN3O/c1-15-9-10-4-5-11(14)8-12(10)17(3)7-6-13(18)16-2/h4-5,8,15H,6-7,9H2,1-3H3,(H,16,18). The second-order valence-corrected chi connectivity index (χ2v) is 5.06. The number of nitrogens with one attached hydrogen (secondary N) is 2. The van der Waals surface area contributed by atoms with E-state index < -0.39 is 0 Å². The Hall–Kier alpha value is -1.07. The van der Waals surface area contributed by atoms with Gasteiger partial charge in [0, 0.05) is 43.8 Å². The average molecular weight is 314 g/mol. The molecule has 1 aromatic rings. The molecule has 0 aliphatic heterocycles. The van der Waals surface area contributed by atoms with Gasteiger partial charge in [0.25, 0.3) is 0 Å². The van der Waals surface area contributed by atoms with Gasteiger partial charge in [0.2, 0.25) is 5.91 Å². The Morgan fingerprint density at radius 3 is 2.72 bits per heavy atom. The number of hydrogen-bond donors (Lipinski definition) is 2. The third-order valence-corrected chi connectivity index (χ3v) is 3.27. The number of nitrogens with zero attached hydrogens (tertiary/aromatic N) is 1. The zero-order valence-corrected chi connectivity index (χ0v) is 12.7. The molecule has 0 aliphatic rings. The van der Waals surface area contributed by atoms with Gasteiger partial charge in [-0.3, -0.25) is 4.79 Å². The molecule has 0 aromatic heterocycles. The topological polar surface area (TPSA) is 44.4 Å². The molecular weight excluding hydrogens is 294 g/mol. The van der Waals surface area contributed by atoms with E-state index in [-0.39, 0.29) is 5.91 Å². The fraction of sp³-hybridized carbons (Fsp3) is 0.462. The molecule has 0 heterocycles. The Labute approximate surface area is 117 Å². The van der Waals surface area contributed by atoms with Gasteiger partial charge in [0.15, 0.2) is 0 Å². The van der Waals surface area contributed by atoms with Crippen LogP contribution in [0.5, 0.6) is 0 Å². The molecule has 0 unspecified atom stereocenters. The van der Waals surface area contributed by atoms with Crippen LogP contribution in [-0.4, -0.2) is 33.6 Å². The number of rotatable bonds is 6. The summed E-state index contributed by atoms with van der Waals surface area (Å²) in [6.45, 7) is 1.51. The molecule has 5 heteroatoms. The Bertz CT molecular complexity index is 409. The van der Waals surface area contributed by atoms with Gasteiger partial charge >= 0.3 is 0 Å². The number of anilines is 1. The predicted molar refractivity (Wildman–Crippen MR) is 78.9 cm³/mol. The summed E-state index contributed by atoms with van der Waals surface area (Å²) in [5.74, 6) is 0.0620. The van der Waals surface area contributed by atoms with E-state index in [1.165, 1.54) is 5.56 Å². The summed E-state index contributed by atoms with van der Waals surface area (Å²) in [7, 11) is 5.59. The van der Waals surface area contributed by atoms with Crippen LogP contribution in [0, 0.1) is 0 Å². The Kier molecular flexibility index (Phi) is 6.15. The van der Waals surface area contributed by atoms with E-state index in [4.69, 9.17) is 0 Å². The minimum absolute atomic E-state index is 0.0620. The van der Waals surface area contributed by atoms with Crippen molar-refractivity contribution in [3.8, 4) is 0 Å². The van der Waals surface area contributed by atoms with Crippen molar-refractivity contribution in [2.75, 3.05) is 32.6 Å². The number of benzene rings is 1. The second kappa shape index (κ2) is 7.38. The first kappa shape index (κ1) is 15.0. The summed E-state index contributed by atoms with van der Waals surface area (Å²) in [6, 6.07) is 6.20. The maximum absolute atomic E-state index is 11.3. The van der Waals surface area contributed by atoms with E-state index in [1.807, 2.05) is 20.2 Å². The van der Waals surface area contributed by atoms with Gasteiger partial charge in [-0.2, -0.15) is 0 Å². The largest absolute Gasteiger partial charge is 0.374 e. The van der Waals surface area contributed by atoms with Crippen molar-refractivity contribution < 1.29 is 4.79 Å². The lowest BCUT2D eigenvalue weighted by Crippen LogP contribution is -2.27. The fourth-order valence-electron chi connectivity index (χ4n) is 1.75. The predicted octanol–water partition coefficient (Wildman–Crippen LogP) is 1.74. The molecule has 0 fully saturated rings. The maximum Gasteiger partial charge on any atom is 0.221 e. The van der Waals surface area contributed by atoms with Gasteiger partial charge in [0.05, 0.1) is 0 Å². The molecular formula is C13H20BrN3O. The summed E-state index contributed by atoms with van der Waals surface area (Å²) in [5.41, 5.74) is 2.36. The molecule has 4 nitrogen and oxygen atoms in total. The summed E-state index contributed by atoms with van der Waals surface area (Å²) in [5, 5.41) is 5.79. The zero-order valence-electron chi connectivity index (χ0n) is 11.1. The van der Waals surface area contributed by atoms with Crippen molar-refractivity contribution in [2.24, 2.45) is 0 Å². The fourth-order valence-corrected chi connectivity index (χ4v) is 2.10. The van der Waals surface area contributed by atoms with Gasteiger partial charge in [-0.1, -0.05) is 22.0 Å². The zero-order chi connectivity index (χ0) is 13.5. The molecule has 100 valence electrons. The molecule has 0 saturated heterocycles. The molecule has 1 aromatic carbocycles. The van der Waals surface area contributed by atoms with Crippen molar-refractivity contribution in [3.05, 3.63) is 28.2 Å². The molecule has 0 radical (unpaired) electrons. The maximum atomic E-state index is 11.3. The molecule has 0 bridgehead atoms. The quantitative estimate of drug-likeness (QED) is 0.841. The lowest BCUT2D eigenvalue weighted by Gasteiger charge is -2.22. The summed E-state index contributed by atoms with van der Waals surface area (Å²) >= 11 is 3.48. The van der Waals surface area contributed by atoms with Crippen LogP contribution in [0.25, 0.3) is 0 Å². The smallest absolute Gasteiger partial charge is 0.221 e. The van der Waals surface area contributed by atoms with Crippen LogP contribution in [0.4, 0.5) is 5.69 Å². The molecule has 0 spiro atoms. The van der Waals surface area contributed by atoms with Gasteiger partial charge in [-0.15, -0.1) is 0 Å². The first-order valence-corrected chi connectivity index (χ1v) is 6.72. The highest BCUT2D eigenvalue weighted by molar-refractivity contribution is 9.10. The van der Waals surface area contributed by atoms with Crippen molar-refractivity contribution in [3.63, 3.8) is 0 Å². The van der Waals surface area contributed by atoms with Gasteiger partial charge in [-0.05, 0) is 24.7 Å². The molecule has 18 heavy (non-hydrogen) atoms. The van der Waals surface area contributed by atoms with E-state index in [0.717, 1.165) is 16.7 Å². The molecule has 0 aliphatic carbocycles. The van der Waals surface area contributed by atoms with Crippen molar-refractivity contribution >= 4 is 27.5 Å². The van der Waals surface area contributed by atoms with E-state index >= 15 is 0 Å². The van der Waals surface area contributed by atoms with Crippen molar-refractivity contribution in [1.82, 2.24) is 10.6 Å². The normalized spacial score (nSPS) is 10.2. The third kappa shape index (κ3) is 4.31. The number of amides is 1. The monoisotopic (exact) mass is 313 g/mol. The Morgan fingerprint density at radius 2 is 2.11 bits per heavy atom. The van der Waals surface area contributed by atoms with Crippen molar-refractivity contribution in [2.45, 2.75) is 13.0 Å². The van der Waals surface area contributed by atoms with Crippen molar-refractivity contribution in [1.29, 1.82) is 0 Å². The molecule has 1 rings (SSSR count). The first-order chi connectivity index (χ1) is 8.58. The summed E-state index contributed by atoms with van der Waals surface area (Å²) in [4.78, 5) is 13.4. The number of halogens is 1. The first-order valence-electron chi connectivity index (χ1n) is 5.93. The molecule has 1 amide bonds. The molecule has 0 saturated carbocycles.